The molecule has 0 aromatic heterocycles. The van der Waals surface area contributed by atoms with Crippen LogP contribution in [-0.4, -0.2) is 25.4 Å². The van der Waals surface area contributed by atoms with Crippen molar-refractivity contribution in [2.75, 3.05) is 20.3 Å². The van der Waals surface area contributed by atoms with Crippen molar-refractivity contribution in [2.24, 2.45) is 5.41 Å². The van der Waals surface area contributed by atoms with Gasteiger partial charge in [0.1, 0.15) is 5.75 Å². The molecule has 1 aromatic carbocycles. The third-order valence-corrected chi connectivity index (χ3v) is 4.26. The van der Waals surface area contributed by atoms with Crippen molar-refractivity contribution in [2.45, 2.75) is 25.8 Å². The Bertz CT molecular complexity index is 405. The van der Waals surface area contributed by atoms with Gasteiger partial charge in [0.25, 0.3) is 0 Å². The molecule has 2 rings (SSSR count). The number of hydrogen-bond acceptors (Lipinski definition) is 3. The first kappa shape index (κ1) is 13.8. The standard InChI is InChI=1S/C14H20BrNO2/c1-18-13-3-2-11(8-12(13)15)9-16-10-14(4-5-14)6-7-17/h2-3,8,16-17H,4-7,9-10H2,1H3. The van der Waals surface area contributed by atoms with Gasteiger partial charge >= 0.3 is 0 Å². The van der Waals surface area contributed by atoms with E-state index in [1.165, 1.54) is 18.4 Å². The zero-order valence-corrected chi connectivity index (χ0v) is 12.3. The quantitative estimate of drug-likeness (QED) is 0.813. The lowest BCUT2D eigenvalue weighted by molar-refractivity contribution is 0.245. The molecule has 2 N–H and O–H groups in total. The summed E-state index contributed by atoms with van der Waals surface area (Å²) in [6, 6.07) is 6.13. The van der Waals surface area contributed by atoms with Crippen molar-refractivity contribution in [3.05, 3.63) is 28.2 Å². The molecule has 0 heterocycles. The number of rotatable bonds is 7. The second kappa shape index (κ2) is 6.04. The number of benzene rings is 1. The molecule has 0 bridgehead atoms. The normalized spacial score (nSPS) is 16.6. The summed E-state index contributed by atoms with van der Waals surface area (Å²) in [6.45, 7) is 2.16. The average Bonchev–Trinajstić information content (AvgIpc) is 3.10. The van der Waals surface area contributed by atoms with Gasteiger partial charge in [-0.2, -0.15) is 0 Å². The highest BCUT2D eigenvalue weighted by Crippen LogP contribution is 2.47. The number of ether oxygens (including phenoxy) is 1. The van der Waals surface area contributed by atoms with Crippen LogP contribution in [0.1, 0.15) is 24.8 Å². The first-order valence-electron chi connectivity index (χ1n) is 6.33. The van der Waals surface area contributed by atoms with Gasteiger partial charge < -0.3 is 15.2 Å². The van der Waals surface area contributed by atoms with Crippen molar-refractivity contribution in [1.29, 1.82) is 0 Å². The highest BCUT2D eigenvalue weighted by Gasteiger charge is 2.41. The summed E-state index contributed by atoms with van der Waals surface area (Å²) in [6.07, 6.45) is 3.41. The van der Waals surface area contributed by atoms with Gasteiger partial charge in [0.15, 0.2) is 0 Å². The predicted molar refractivity (Wildman–Crippen MR) is 75.8 cm³/mol. The molecule has 1 aromatic rings. The van der Waals surface area contributed by atoms with Crippen molar-refractivity contribution in [3.8, 4) is 5.75 Å². The predicted octanol–water partition coefficient (Wildman–Crippen LogP) is 2.71. The van der Waals surface area contributed by atoms with Gasteiger partial charge in [-0.3, -0.25) is 0 Å². The number of halogens is 1. The van der Waals surface area contributed by atoms with Gasteiger partial charge in [0, 0.05) is 19.7 Å². The lowest BCUT2D eigenvalue weighted by atomic mass is 10.0. The van der Waals surface area contributed by atoms with Crippen LogP contribution in [0.5, 0.6) is 5.75 Å². The highest BCUT2D eigenvalue weighted by molar-refractivity contribution is 9.10. The Labute approximate surface area is 117 Å². The van der Waals surface area contributed by atoms with Gasteiger partial charge in [0.2, 0.25) is 0 Å². The van der Waals surface area contributed by atoms with Crippen molar-refractivity contribution in [3.63, 3.8) is 0 Å². The van der Waals surface area contributed by atoms with Crippen LogP contribution in [0.15, 0.2) is 22.7 Å². The largest absolute Gasteiger partial charge is 0.496 e. The summed E-state index contributed by atoms with van der Waals surface area (Å²) >= 11 is 3.49. The van der Waals surface area contributed by atoms with E-state index < -0.39 is 0 Å². The number of nitrogens with one attached hydrogen (secondary N) is 1. The topological polar surface area (TPSA) is 41.5 Å². The van der Waals surface area contributed by atoms with Gasteiger partial charge in [-0.15, -0.1) is 0 Å². The lowest BCUT2D eigenvalue weighted by Crippen LogP contribution is -2.24. The first-order chi connectivity index (χ1) is 8.69. The molecule has 0 spiro atoms. The van der Waals surface area contributed by atoms with E-state index in [-0.39, 0.29) is 0 Å². The van der Waals surface area contributed by atoms with Crippen LogP contribution >= 0.6 is 15.9 Å². The van der Waals surface area contributed by atoms with E-state index in [1.54, 1.807) is 7.11 Å². The molecule has 1 fully saturated rings. The van der Waals surface area contributed by atoms with E-state index in [4.69, 9.17) is 9.84 Å². The Hall–Kier alpha value is -0.580. The molecule has 0 unspecified atom stereocenters. The van der Waals surface area contributed by atoms with E-state index in [9.17, 15) is 0 Å². The minimum atomic E-state index is 0.301. The minimum Gasteiger partial charge on any atom is -0.496 e. The molecule has 3 nitrogen and oxygen atoms in total. The summed E-state index contributed by atoms with van der Waals surface area (Å²) in [5, 5.41) is 12.5. The second-order valence-electron chi connectivity index (χ2n) is 5.05. The molecular formula is C14H20BrNO2. The summed E-state index contributed by atoms with van der Waals surface area (Å²) in [5.41, 5.74) is 1.61. The number of aliphatic hydroxyl groups is 1. The molecular weight excluding hydrogens is 294 g/mol. The van der Waals surface area contributed by atoms with Crippen molar-refractivity contribution >= 4 is 15.9 Å². The van der Waals surface area contributed by atoms with Crippen molar-refractivity contribution < 1.29 is 9.84 Å². The zero-order chi connectivity index (χ0) is 13.0. The van der Waals surface area contributed by atoms with Crippen LogP contribution in [0.4, 0.5) is 0 Å². The fraction of sp³-hybridized carbons (Fsp3) is 0.571. The van der Waals surface area contributed by atoms with Crippen LogP contribution < -0.4 is 10.1 Å². The van der Waals surface area contributed by atoms with E-state index in [0.717, 1.165) is 29.7 Å². The molecule has 1 saturated carbocycles. The smallest absolute Gasteiger partial charge is 0.133 e. The van der Waals surface area contributed by atoms with Gasteiger partial charge in [-0.1, -0.05) is 6.07 Å². The number of methoxy groups -OCH3 is 1. The van der Waals surface area contributed by atoms with E-state index in [1.807, 2.05) is 6.07 Å². The molecule has 100 valence electrons. The Balaban J connectivity index is 1.82. The van der Waals surface area contributed by atoms with Crippen molar-refractivity contribution in [1.82, 2.24) is 5.32 Å². The maximum Gasteiger partial charge on any atom is 0.133 e. The van der Waals surface area contributed by atoms with Crippen LogP contribution in [0.2, 0.25) is 0 Å². The molecule has 0 aliphatic heterocycles. The maximum atomic E-state index is 9.00. The summed E-state index contributed by atoms with van der Waals surface area (Å²) in [5.74, 6) is 0.859. The summed E-state index contributed by atoms with van der Waals surface area (Å²) in [4.78, 5) is 0. The molecule has 0 amide bonds. The van der Waals surface area contributed by atoms with E-state index in [2.05, 4.69) is 33.4 Å². The minimum absolute atomic E-state index is 0.301. The van der Waals surface area contributed by atoms with Gasteiger partial charge in [-0.05, 0) is 58.3 Å². The third kappa shape index (κ3) is 3.46. The number of hydrogen-bond donors (Lipinski definition) is 2. The van der Waals surface area contributed by atoms with E-state index in [0.29, 0.717) is 12.0 Å². The third-order valence-electron chi connectivity index (χ3n) is 3.64. The lowest BCUT2D eigenvalue weighted by Gasteiger charge is -2.15. The van der Waals surface area contributed by atoms with Crippen LogP contribution in [-0.2, 0) is 6.54 Å². The monoisotopic (exact) mass is 313 g/mol. The molecule has 0 atom stereocenters. The Kier molecular flexibility index (Phi) is 4.65. The first-order valence-corrected chi connectivity index (χ1v) is 7.12. The zero-order valence-electron chi connectivity index (χ0n) is 10.7. The fourth-order valence-corrected chi connectivity index (χ4v) is 2.81. The number of aliphatic hydroxyl groups excluding tert-OH is 1. The maximum absolute atomic E-state index is 9.00. The molecule has 4 heteroatoms. The Morgan fingerprint density at radius 1 is 1.44 bits per heavy atom. The summed E-state index contributed by atoms with van der Waals surface area (Å²) < 4.78 is 6.19. The van der Waals surface area contributed by atoms with Gasteiger partial charge in [-0.25, -0.2) is 0 Å². The van der Waals surface area contributed by atoms with Crippen LogP contribution in [0.25, 0.3) is 0 Å². The molecule has 1 aliphatic carbocycles. The Morgan fingerprint density at radius 3 is 2.78 bits per heavy atom. The summed E-state index contributed by atoms with van der Waals surface area (Å²) in [7, 11) is 1.67. The molecule has 1 aliphatic rings. The second-order valence-corrected chi connectivity index (χ2v) is 5.90. The SMILES string of the molecule is COc1ccc(CNCC2(CCO)CC2)cc1Br. The fourth-order valence-electron chi connectivity index (χ4n) is 2.22. The van der Waals surface area contributed by atoms with Crippen LogP contribution in [0.3, 0.4) is 0 Å². The Morgan fingerprint density at radius 2 is 2.22 bits per heavy atom. The molecule has 0 saturated heterocycles. The van der Waals surface area contributed by atoms with E-state index >= 15 is 0 Å². The van der Waals surface area contributed by atoms with Crippen LogP contribution in [0, 0.1) is 5.41 Å². The van der Waals surface area contributed by atoms with Gasteiger partial charge in [0.05, 0.1) is 11.6 Å². The highest BCUT2D eigenvalue weighted by atomic mass is 79.9. The average molecular weight is 314 g/mol. The molecule has 0 radical (unpaired) electrons. The molecule has 18 heavy (non-hydrogen) atoms.